The molecule has 0 amide bonds. The van der Waals surface area contributed by atoms with Crippen LogP contribution in [0, 0.1) is 0 Å². The molecule has 7 nitrogen and oxygen atoms in total. The lowest BCUT2D eigenvalue weighted by molar-refractivity contribution is 0.165. The molecule has 0 spiro atoms. The predicted molar refractivity (Wildman–Crippen MR) is 66.2 cm³/mol. The van der Waals surface area contributed by atoms with Crippen LogP contribution in [0.5, 0.6) is 0 Å². The number of fused-ring (bicyclic) bond motifs is 1. The van der Waals surface area contributed by atoms with Crippen molar-refractivity contribution < 1.29 is 4.74 Å². The van der Waals surface area contributed by atoms with Crippen molar-refractivity contribution in [3.8, 4) is 0 Å². The number of ether oxygens (including phenoxy) is 1. The molecule has 0 saturated heterocycles. The van der Waals surface area contributed by atoms with Gasteiger partial charge < -0.3 is 10.1 Å². The summed E-state index contributed by atoms with van der Waals surface area (Å²) < 4.78 is 6.65. The van der Waals surface area contributed by atoms with E-state index >= 15 is 0 Å². The van der Waals surface area contributed by atoms with E-state index in [2.05, 4.69) is 32.9 Å². The van der Waals surface area contributed by atoms with Gasteiger partial charge >= 0.3 is 0 Å². The minimum Gasteiger partial charge on any atom is -0.383 e. The van der Waals surface area contributed by atoms with Crippen LogP contribution in [0.15, 0.2) is 12.1 Å². The maximum Gasteiger partial charge on any atom is 0.199 e. The Bertz CT molecular complexity index is 485. The molecular formula is C11H18N6O. The van der Waals surface area contributed by atoms with Gasteiger partial charge in [0.2, 0.25) is 0 Å². The van der Waals surface area contributed by atoms with Gasteiger partial charge in [-0.15, -0.1) is 9.73 Å². The summed E-state index contributed by atoms with van der Waals surface area (Å²) in [4.78, 5) is 0. The fourth-order valence-electron chi connectivity index (χ4n) is 1.79. The molecule has 0 saturated carbocycles. The van der Waals surface area contributed by atoms with Gasteiger partial charge in [-0.05, 0) is 35.5 Å². The number of aromatic nitrogens is 5. The first kappa shape index (κ1) is 12.8. The Kier molecular flexibility index (Phi) is 4.54. The Labute approximate surface area is 106 Å². The third-order valence-electron chi connectivity index (χ3n) is 2.63. The highest BCUT2D eigenvalue weighted by Gasteiger charge is 2.10. The van der Waals surface area contributed by atoms with Crippen LogP contribution in [0.4, 0.5) is 0 Å². The fraction of sp³-hybridized carbons (Fsp3) is 0.636. The molecule has 2 rings (SSSR count). The molecule has 0 fully saturated rings. The number of nitrogens with zero attached hydrogens (tertiary/aromatic N) is 5. The zero-order valence-corrected chi connectivity index (χ0v) is 10.7. The summed E-state index contributed by atoms with van der Waals surface area (Å²) in [5.74, 6) is 0. The molecule has 18 heavy (non-hydrogen) atoms. The van der Waals surface area contributed by atoms with Gasteiger partial charge in [0.1, 0.15) is 0 Å². The zero-order valence-electron chi connectivity index (χ0n) is 10.7. The second kappa shape index (κ2) is 6.36. The fourth-order valence-corrected chi connectivity index (χ4v) is 1.79. The molecule has 2 heterocycles. The average Bonchev–Trinajstić information content (AvgIpc) is 2.83. The summed E-state index contributed by atoms with van der Waals surface area (Å²) in [6.45, 7) is 3.78. The second-order valence-electron chi connectivity index (χ2n) is 4.16. The first-order valence-corrected chi connectivity index (χ1v) is 6.10. The Balaban J connectivity index is 2.04. The first-order chi connectivity index (χ1) is 8.83. The van der Waals surface area contributed by atoms with Crippen molar-refractivity contribution in [3.63, 3.8) is 0 Å². The minimum atomic E-state index is 0.261. The van der Waals surface area contributed by atoms with E-state index in [1.807, 2.05) is 12.1 Å². The number of hydrogen-bond acceptors (Lipinski definition) is 6. The SMILES string of the molecule is CCCNC(COC)Cc1ccc2nnnn2n1. The first-order valence-electron chi connectivity index (χ1n) is 6.10. The largest absolute Gasteiger partial charge is 0.383 e. The molecule has 2 aromatic rings. The van der Waals surface area contributed by atoms with Gasteiger partial charge in [0.25, 0.3) is 0 Å². The summed E-state index contributed by atoms with van der Waals surface area (Å²) in [6.07, 6.45) is 1.89. The maximum absolute atomic E-state index is 5.21. The molecule has 1 unspecified atom stereocenters. The van der Waals surface area contributed by atoms with Crippen molar-refractivity contribution in [3.05, 3.63) is 17.8 Å². The number of tetrazole rings is 1. The van der Waals surface area contributed by atoms with Crippen LogP contribution in [0.2, 0.25) is 0 Å². The number of nitrogens with one attached hydrogen (secondary N) is 1. The predicted octanol–water partition coefficient (Wildman–Crippen LogP) is 0.0764. The molecule has 0 aromatic carbocycles. The smallest absolute Gasteiger partial charge is 0.199 e. The van der Waals surface area contributed by atoms with Gasteiger partial charge in [0, 0.05) is 19.6 Å². The molecule has 0 bridgehead atoms. The van der Waals surface area contributed by atoms with E-state index in [9.17, 15) is 0 Å². The van der Waals surface area contributed by atoms with Crippen molar-refractivity contribution >= 4 is 5.65 Å². The molecule has 2 aromatic heterocycles. The van der Waals surface area contributed by atoms with E-state index in [0.717, 1.165) is 25.1 Å². The molecule has 1 N–H and O–H groups in total. The Hall–Kier alpha value is -1.60. The molecule has 0 aliphatic rings. The molecule has 1 atom stereocenters. The third kappa shape index (κ3) is 3.21. The minimum absolute atomic E-state index is 0.261. The van der Waals surface area contributed by atoms with Gasteiger partial charge in [-0.1, -0.05) is 6.92 Å². The Morgan fingerprint density at radius 3 is 3.11 bits per heavy atom. The van der Waals surface area contributed by atoms with E-state index in [4.69, 9.17) is 4.74 Å². The quantitative estimate of drug-likeness (QED) is 0.749. The molecule has 0 aliphatic heterocycles. The van der Waals surface area contributed by atoms with Crippen LogP contribution in [0.3, 0.4) is 0 Å². The van der Waals surface area contributed by atoms with E-state index in [1.54, 1.807) is 7.11 Å². The van der Waals surface area contributed by atoms with Gasteiger partial charge in [-0.2, -0.15) is 5.10 Å². The number of rotatable bonds is 7. The van der Waals surface area contributed by atoms with E-state index in [1.165, 1.54) is 4.63 Å². The normalized spacial score (nSPS) is 13.0. The van der Waals surface area contributed by atoms with Crippen LogP contribution < -0.4 is 5.32 Å². The van der Waals surface area contributed by atoms with Gasteiger partial charge in [0.15, 0.2) is 5.65 Å². The van der Waals surface area contributed by atoms with Gasteiger partial charge in [-0.3, -0.25) is 0 Å². The average molecular weight is 250 g/mol. The zero-order chi connectivity index (χ0) is 12.8. The Morgan fingerprint density at radius 1 is 1.44 bits per heavy atom. The maximum atomic E-state index is 5.21. The highest BCUT2D eigenvalue weighted by Crippen LogP contribution is 2.02. The standard InChI is InChI=1S/C11H18N6O/c1-3-6-12-10(8-18-2)7-9-4-5-11-13-15-16-17(11)14-9/h4-5,10,12H,3,6-8H2,1-2H3. The topological polar surface area (TPSA) is 77.2 Å². The van der Waals surface area contributed by atoms with E-state index in [0.29, 0.717) is 12.3 Å². The van der Waals surface area contributed by atoms with Crippen LogP contribution in [0.25, 0.3) is 5.65 Å². The van der Waals surface area contributed by atoms with Gasteiger partial charge in [-0.25, -0.2) is 0 Å². The summed E-state index contributed by atoms with van der Waals surface area (Å²) in [5.41, 5.74) is 1.60. The highest BCUT2D eigenvalue weighted by molar-refractivity contribution is 5.32. The molecular weight excluding hydrogens is 232 g/mol. The molecule has 7 heteroatoms. The highest BCUT2D eigenvalue weighted by atomic mass is 16.5. The van der Waals surface area contributed by atoms with Crippen LogP contribution in [-0.2, 0) is 11.2 Å². The molecule has 98 valence electrons. The van der Waals surface area contributed by atoms with Crippen LogP contribution in [0.1, 0.15) is 19.0 Å². The molecule has 0 radical (unpaired) electrons. The van der Waals surface area contributed by atoms with Gasteiger partial charge in [0.05, 0.1) is 12.3 Å². The summed E-state index contributed by atoms with van der Waals surface area (Å²) in [5, 5.41) is 19.0. The number of hydrogen-bond donors (Lipinski definition) is 1. The lowest BCUT2D eigenvalue weighted by atomic mass is 10.1. The van der Waals surface area contributed by atoms with Crippen molar-refractivity contribution in [2.24, 2.45) is 0 Å². The summed E-state index contributed by atoms with van der Waals surface area (Å²) in [6, 6.07) is 4.07. The van der Waals surface area contributed by atoms with Crippen molar-refractivity contribution in [2.45, 2.75) is 25.8 Å². The van der Waals surface area contributed by atoms with Crippen molar-refractivity contribution in [2.75, 3.05) is 20.3 Å². The van der Waals surface area contributed by atoms with Crippen molar-refractivity contribution in [1.82, 2.24) is 30.6 Å². The number of methoxy groups -OCH3 is 1. The monoisotopic (exact) mass is 250 g/mol. The summed E-state index contributed by atoms with van der Waals surface area (Å²) in [7, 11) is 1.71. The lowest BCUT2D eigenvalue weighted by Gasteiger charge is -2.16. The van der Waals surface area contributed by atoms with Crippen LogP contribution in [-0.4, -0.2) is 51.6 Å². The molecule has 0 aliphatic carbocycles. The second-order valence-corrected chi connectivity index (χ2v) is 4.16. The van der Waals surface area contributed by atoms with Crippen molar-refractivity contribution in [1.29, 1.82) is 0 Å². The Morgan fingerprint density at radius 2 is 2.33 bits per heavy atom. The summed E-state index contributed by atoms with van der Waals surface area (Å²) >= 11 is 0. The lowest BCUT2D eigenvalue weighted by Crippen LogP contribution is -2.36. The third-order valence-corrected chi connectivity index (χ3v) is 2.63. The van der Waals surface area contributed by atoms with E-state index < -0.39 is 0 Å². The van der Waals surface area contributed by atoms with E-state index in [-0.39, 0.29) is 6.04 Å². The van der Waals surface area contributed by atoms with Crippen LogP contribution >= 0.6 is 0 Å².